The van der Waals surface area contributed by atoms with Crippen molar-refractivity contribution >= 4 is 11.4 Å². The first-order chi connectivity index (χ1) is 19.8. The average molecular weight is 570 g/mol. The Labute approximate surface area is 251 Å². The summed E-state index contributed by atoms with van der Waals surface area (Å²) in [4.78, 5) is 0. The molecule has 0 saturated heterocycles. The Kier molecular flexibility index (Phi) is 13.7. The van der Waals surface area contributed by atoms with Gasteiger partial charge in [0, 0.05) is 5.69 Å². The van der Waals surface area contributed by atoms with Gasteiger partial charge in [0.2, 0.25) is 0 Å². The maximum absolute atomic E-state index is 6.42. The molecule has 1 aromatic rings. The number of anilines is 2. The molecule has 0 heterocycles. The van der Waals surface area contributed by atoms with Crippen molar-refractivity contribution in [2.75, 3.05) is 32.6 Å². The van der Waals surface area contributed by atoms with Crippen molar-refractivity contribution in [3.63, 3.8) is 0 Å². The summed E-state index contributed by atoms with van der Waals surface area (Å²) < 4.78 is 6.42. The molecule has 0 bridgehead atoms. The Bertz CT molecular complexity index is 979. The molecular formula is C35H63N5O. The van der Waals surface area contributed by atoms with Crippen LogP contribution in [0.4, 0.5) is 11.4 Å². The fourth-order valence-electron chi connectivity index (χ4n) is 9.24. The lowest BCUT2D eigenvalue weighted by atomic mass is 9.46. The molecule has 6 nitrogen and oxygen atoms in total. The Hall–Kier alpha value is -2.02. The number of benzene rings is 1. The molecule has 10 N–H and O–H groups in total. The van der Waals surface area contributed by atoms with Crippen LogP contribution in [0, 0.1) is 46.3 Å². The molecule has 0 spiro atoms. The minimum absolute atomic E-state index is 0.239. The molecule has 3 saturated carbocycles. The number of hydrogen-bond acceptors (Lipinski definition) is 6. The van der Waals surface area contributed by atoms with E-state index in [2.05, 4.69) is 69.2 Å². The number of rotatable bonds is 6. The first-order valence-corrected chi connectivity index (χ1v) is 16.1. The first-order valence-electron chi connectivity index (χ1n) is 16.1. The van der Waals surface area contributed by atoms with Crippen LogP contribution >= 0.6 is 0 Å². The van der Waals surface area contributed by atoms with E-state index < -0.39 is 0 Å². The van der Waals surface area contributed by atoms with Crippen molar-refractivity contribution in [3.8, 4) is 5.75 Å². The highest BCUT2D eigenvalue weighted by atomic mass is 16.5. The zero-order valence-corrected chi connectivity index (χ0v) is 27.2. The predicted molar refractivity (Wildman–Crippen MR) is 178 cm³/mol. The number of nitrogens with two attached hydrogens (primary N) is 5. The van der Waals surface area contributed by atoms with Gasteiger partial charge < -0.3 is 33.4 Å². The fraction of sp³-hybridized carbons (Fsp3) is 0.714. The SMILES string of the molecule is C/C=C/CCC(C)C1CCC2C3C=CC4CC(Oc5ccc(N)cc5N)CCC4(C)C3CCC12C.CN.CN.CN. The molecule has 5 rings (SSSR count). The van der Waals surface area contributed by atoms with Crippen LogP contribution in [0.1, 0.15) is 85.5 Å². The molecule has 0 radical (unpaired) electrons. The molecule has 4 aliphatic carbocycles. The molecule has 0 amide bonds. The lowest BCUT2D eigenvalue weighted by Gasteiger charge is -2.59. The van der Waals surface area contributed by atoms with Gasteiger partial charge in [0.1, 0.15) is 5.75 Å². The van der Waals surface area contributed by atoms with Crippen LogP contribution in [0.15, 0.2) is 42.5 Å². The summed E-state index contributed by atoms with van der Waals surface area (Å²) in [5, 5.41) is 0. The fourth-order valence-corrected chi connectivity index (χ4v) is 9.24. The van der Waals surface area contributed by atoms with Crippen LogP contribution in [0.5, 0.6) is 5.75 Å². The van der Waals surface area contributed by atoms with Crippen molar-refractivity contribution in [3.05, 3.63) is 42.5 Å². The zero-order chi connectivity index (χ0) is 30.8. The first kappa shape index (κ1) is 35.2. The summed E-state index contributed by atoms with van der Waals surface area (Å²) in [5.41, 5.74) is 27.8. The van der Waals surface area contributed by atoms with E-state index in [1.54, 1.807) is 0 Å². The van der Waals surface area contributed by atoms with Gasteiger partial charge >= 0.3 is 0 Å². The largest absolute Gasteiger partial charge is 0.488 e. The third-order valence-corrected chi connectivity index (χ3v) is 11.2. The van der Waals surface area contributed by atoms with Crippen LogP contribution in [0.2, 0.25) is 0 Å². The van der Waals surface area contributed by atoms with Crippen molar-refractivity contribution in [2.45, 2.75) is 91.6 Å². The van der Waals surface area contributed by atoms with Crippen LogP contribution in [0.25, 0.3) is 0 Å². The van der Waals surface area contributed by atoms with E-state index in [1.807, 2.05) is 18.2 Å². The van der Waals surface area contributed by atoms with Gasteiger partial charge in [-0.15, -0.1) is 0 Å². The van der Waals surface area contributed by atoms with Crippen LogP contribution in [0.3, 0.4) is 0 Å². The van der Waals surface area contributed by atoms with E-state index in [-0.39, 0.29) is 6.10 Å². The highest BCUT2D eigenvalue weighted by molar-refractivity contribution is 5.60. The number of nitrogen functional groups attached to an aromatic ring is 2. The van der Waals surface area contributed by atoms with E-state index >= 15 is 0 Å². The molecule has 4 aliphatic rings. The summed E-state index contributed by atoms with van der Waals surface area (Å²) in [6, 6.07) is 5.63. The van der Waals surface area contributed by atoms with Crippen molar-refractivity contribution in [2.24, 2.45) is 63.5 Å². The molecule has 6 heteroatoms. The van der Waals surface area contributed by atoms with Gasteiger partial charge in [-0.05, 0) is 150 Å². The van der Waals surface area contributed by atoms with Crippen LogP contribution in [-0.2, 0) is 0 Å². The third-order valence-electron chi connectivity index (χ3n) is 11.2. The predicted octanol–water partition coefficient (Wildman–Crippen LogP) is 6.75. The molecule has 3 fully saturated rings. The molecule has 1 aromatic carbocycles. The van der Waals surface area contributed by atoms with Gasteiger partial charge in [-0.2, -0.15) is 0 Å². The molecule has 9 atom stereocenters. The molecular weight excluding hydrogens is 506 g/mol. The Balaban J connectivity index is 0.000000921. The van der Waals surface area contributed by atoms with Crippen molar-refractivity contribution in [1.29, 1.82) is 0 Å². The van der Waals surface area contributed by atoms with Gasteiger partial charge in [0.05, 0.1) is 11.8 Å². The molecule has 0 aromatic heterocycles. The average Bonchev–Trinajstić information content (AvgIpc) is 3.35. The Morgan fingerprint density at radius 2 is 1.56 bits per heavy atom. The van der Waals surface area contributed by atoms with Gasteiger partial charge in [-0.3, -0.25) is 0 Å². The van der Waals surface area contributed by atoms with E-state index in [9.17, 15) is 0 Å². The monoisotopic (exact) mass is 570 g/mol. The summed E-state index contributed by atoms with van der Waals surface area (Å²) >= 11 is 0. The van der Waals surface area contributed by atoms with Crippen molar-refractivity contribution < 1.29 is 4.74 Å². The zero-order valence-electron chi connectivity index (χ0n) is 27.2. The minimum Gasteiger partial charge on any atom is -0.488 e. The van der Waals surface area contributed by atoms with Gasteiger partial charge in [-0.1, -0.05) is 45.1 Å². The lowest BCUT2D eigenvalue weighted by molar-refractivity contribution is -0.0781. The quantitative estimate of drug-likeness (QED) is 0.190. The molecule has 234 valence electrons. The maximum Gasteiger partial charge on any atom is 0.142 e. The second-order valence-corrected chi connectivity index (χ2v) is 13.0. The van der Waals surface area contributed by atoms with Crippen LogP contribution in [-0.4, -0.2) is 27.2 Å². The lowest BCUT2D eigenvalue weighted by Crippen LogP contribution is -2.52. The third kappa shape index (κ3) is 7.32. The standard InChI is InChI=1S/C32H48N2O.3CH5N/c1-5-6-7-8-21(2)26-12-13-27-25-11-9-22-19-24(35-30-14-10-23(33)20-29(30)34)15-17-31(22,3)28(25)16-18-32(26,27)4;3*1-2/h5-6,9-11,14,20-22,24-28H,7-8,12-13,15-19,33-34H2,1-4H3;3*2H2,1H3/b6-5+;;;. The number of ether oxygens (including phenoxy) is 1. The van der Waals surface area contributed by atoms with Gasteiger partial charge in [0.15, 0.2) is 0 Å². The number of hydrogen-bond donors (Lipinski definition) is 5. The van der Waals surface area contributed by atoms with Crippen LogP contribution < -0.4 is 33.4 Å². The molecule has 41 heavy (non-hydrogen) atoms. The number of fused-ring (bicyclic) bond motifs is 5. The molecule has 9 unspecified atom stereocenters. The second kappa shape index (κ2) is 16.0. The Morgan fingerprint density at radius 1 is 0.902 bits per heavy atom. The second-order valence-electron chi connectivity index (χ2n) is 13.0. The smallest absolute Gasteiger partial charge is 0.142 e. The normalized spacial score (nSPS) is 35.7. The minimum atomic E-state index is 0.239. The maximum atomic E-state index is 6.42. The highest BCUT2D eigenvalue weighted by Crippen LogP contribution is 2.67. The topological polar surface area (TPSA) is 139 Å². The van der Waals surface area contributed by atoms with E-state index in [1.165, 1.54) is 66.1 Å². The Morgan fingerprint density at radius 3 is 2.22 bits per heavy atom. The number of allylic oxidation sites excluding steroid dienone is 4. The summed E-state index contributed by atoms with van der Waals surface area (Å²) in [6.07, 6.45) is 21.9. The van der Waals surface area contributed by atoms with E-state index in [0.717, 1.165) is 48.2 Å². The van der Waals surface area contributed by atoms with Gasteiger partial charge in [0.25, 0.3) is 0 Å². The summed E-state index contributed by atoms with van der Waals surface area (Å²) in [7, 11) is 4.50. The van der Waals surface area contributed by atoms with E-state index in [4.69, 9.17) is 16.2 Å². The van der Waals surface area contributed by atoms with Gasteiger partial charge in [-0.25, -0.2) is 0 Å². The summed E-state index contributed by atoms with van der Waals surface area (Å²) in [6.45, 7) is 9.97. The van der Waals surface area contributed by atoms with E-state index in [0.29, 0.717) is 28.1 Å². The molecule has 0 aliphatic heterocycles. The highest BCUT2D eigenvalue weighted by Gasteiger charge is 2.59. The summed E-state index contributed by atoms with van der Waals surface area (Å²) in [5.74, 6) is 5.60. The van der Waals surface area contributed by atoms with Crippen molar-refractivity contribution in [1.82, 2.24) is 0 Å².